The maximum absolute atomic E-state index is 11.8. The zero-order chi connectivity index (χ0) is 15.0. The molecule has 1 saturated carbocycles. The standard InChI is InChI=1S/C16H32N2O2/c1-5-16(2,3)13-6-8-14(9-7-13)18-15(19)12-17-10-11-20-4/h13-14,17H,5-12H2,1-4H3,(H,18,19). The molecule has 0 atom stereocenters. The predicted molar refractivity (Wildman–Crippen MR) is 82.7 cm³/mol. The fourth-order valence-electron chi connectivity index (χ4n) is 2.96. The molecule has 1 aliphatic rings. The molecule has 1 amide bonds. The molecule has 0 radical (unpaired) electrons. The van der Waals surface area contributed by atoms with Crippen molar-refractivity contribution in [3.63, 3.8) is 0 Å². The molecule has 0 aromatic heterocycles. The van der Waals surface area contributed by atoms with Gasteiger partial charge in [-0.05, 0) is 37.0 Å². The van der Waals surface area contributed by atoms with Gasteiger partial charge in [0.2, 0.25) is 5.91 Å². The fraction of sp³-hybridized carbons (Fsp3) is 0.938. The molecule has 0 unspecified atom stereocenters. The average molecular weight is 284 g/mol. The van der Waals surface area contributed by atoms with Gasteiger partial charge in [0, 0.05) is 19.7 Å². The summed E-state index contributed by atoms with van der Waals surface area (Å²) in [5.41, 5.74) is 0.441. The van der Waals surface area contributed by atoms with Gasteiger partial charge in [-0.25, -0.2) is 0 Å². The van der Waals surface area contributed by atoms with Crippen molar-refractivity contribution >= 4 is 5.91 Å². The van der Waals surface area contributed by atoms with Crippen LogP contribution in [-0.2, 0) is 9.53 Å². The molecule has 1 aliphatic carbocycles. The first kappa shape index (κ1) is 17.4. The first-order chi connectivity index (χ1) is 9.49. The van der Waals surface area contributed by atoms with Gasteiger partial charge in [-0.1, -0.05) is 27.2 Å². The van der Waals surface area contributed by atoms with E-state index in [1.165, 1.54) is 19.3 Å². The van der Waals surface area contributed by atoms with Gasteiger partial charge >= 0.3 is 0 Å². The van der Waals surface area contributed by atoms with Crippen LogP contribution < -0.4 is 10.6 Å². The Morgan fingerprint density at radius 3 is 2.45 bits per heavy atom. The van der Waals surface area contributed by atoms with Gasteiger partial charge in [-0.2, -0.15) is 0 Å². The minimum absolute atomic E-state index is 0.110. The van der Waals surface area contributed by atoms with E-state index >= 15 is 0 Å². The number of rotatable bonds is 8. The minimum Gasteiger partial charge on any atom is -0.383 e. The van der Waals surface area contributed by atoms with Crippen molar-refractivity contribution in [3.05, 3.63) is 0 Å². The number of hydrogen-bond acceptors (Lipinski definition) is 3. The van der Waals surface area contributed by atoms with E-state index in [9.17, 15) is 4.79 Å². The summed E-state index contributed by atoms with van der Waals surface area (Å²) >= 11 is 0. The lowest BCUT2D eigenvalue weighted by molar-refractivity contribution is -0.121. The van der Waals surface area contributed by atoms with Gasteiger partial charge in [0.1, 0.15) is 0 Å². The number of nitrogens with one attached hydrogen (secondary N) is 2. The Balaban J connectivity index is 2.20. The van der Waals surface area contributed by atoms with E-state index in [1.807, 2.05) is 0 Å². The Bertz CT molecular complexity index is 284. The molecule has 1 fully saturated rings. The maximum atomic E-state index is 11.8. The van der Waals surface area contributed by atoms with Crippen LogP contribution in [0, 0.1) is 11.3 Å². The monoisotopic (exact) mass is 284 g/mol. The Kier molecular flexibility index (Phi) is 7.52. The lowest BCUT2D eigenvalue weighted by Crippen LogP contribution is -2.43. The van der Waals surface area contributed by atoms with Gasteiger partial charge in [-0.3, -0.25) is 4.79 Å². The lowest BCUT2D eigenvalue weighted by atomic mass is 9.69. The zero-order valence-corrected chi connectivity index (χ0v) is 13.6. The molecule has 1 rings (SSSR count). The molecule has 4 heteroatoms. The topological polar surface area (TPSA) is 50.4 Å². The molecule has 0 heterocycles. The average Bonchev–Trinajstić information content (AvgIpc) is 2.44. The van der Waals surface area contributed by atoms with Crippen LogP contribution in [0.3, 0.4) is 0 Å². The number of hydrogen-bond donors (Lipinski definition) is 2. The second-order valence-electron chi connectivity index (χ2n) is 6.63. The highest BCUT2D eigenvalue weighted by Crippen LogP contribution is 2.40. The lowest BCUT2D eigenvalue weighted by Gasteiger charge is -2.39. The summed E-state index contributed by atoms with van der Waals surface area (Å²) < 4.78 is 4.93. The molecule has 0 saturated heterocycles. The summed E-state index contributed by atoms with van der Waals surface area (Å²) in [6, 6.07) is 0.371. The van der Waals surface area contributed by atoms with Gasteiger partial charge in [0.25, 0.3) is 0 Å². The van der Waals surface area contributed by atoms with Crippen LogP contribution in [0.15, 0.2) is 0 Å². The van der Waals surface area contributed by atoms with E-state index in [0.717, 1.165) is 25.3 Å². The molecule has 0 aromatic rings. The number of carbonyl (C=O) groups excluding carboxylic acids is 1. The van der Waals surface area contributed by atoms with E-state index in [2.05, 4.69) is 31.4 Å². The minimum atomic E-state index is 0.110. The van der Waals surface area contributed by atoms with Crippen molar-refractivity contribution < 1.29 is 9.53 Å². The van der Waals surface area contributed by atoms with Crippen LogP contribution in [0.5, 0.6) is 0 Å². The van der Waals surface area contributed by atoms with Gasteiger partial charge < -0.3 is 15.4 Å². The largest absolute Gasteiger partial charge is 0.383 e. The number of ether oxygens (including phenoxy) is 1. The summed E-state index contributed by atoms with van der Waals surface area (Å²) in [5, 5.41) is 6.22. The van der Waals surface area contributed by atoms with Crippen molar-refractivity contribution in [3.8, 4) is 0 Å². The molecule has 4 nitrogen and oxygen atoms in total. The molecular formula is C16H32N2O2. The second-order valence-corrected chi connectivity index (χ2v) is 6.63. The highest BCUT2D eigenvalue weighted by atomic mass is 16.5. The Morgan fingerprint density at radius 1 is 1.25 bits per heavy atom. The number of methoxy groups -OCH3 is 1. The van der Waals surface area contributed by atoms with E-state index in [4.69, 9.17) is 4.74 Å². The molecule has 0 spiro atoms. The highest BCUT2D eigenvalue weighted by molar-refractivity contribution is 5.78. The molecule has 0 bridgehead atoms. The Labute approximate surface area is 124 Å². The summed E-state index contributed by atoms with van der Waals surface area (Å²) in [6.07, 6.45) is 5.96. The fourth-order valence-corrected chi connectivity index (χ4v) is 2.96. The van der Waals surface area contributed by atoms with Gasteiger partial charge in [-0.15, -0.1) is 0 Å². The molecule has 0 aliphatic heterocycles. The van der Waals surface area contributed by atoms with E-state index in [1.54, 1.807) is 7.11 Å². The van der Waals surface area contributed by atoms with Crippen LogP contribution in [0.2, 0.25) is 0 Å². The molecular weight excluding hydrogens is 252 g/mol. The normalized spacial score (nSPS) is 23.6. The van der Waals surface area contributed by atoms with Crippen LogP contribution in [0.25, 0.3) is 0 Å². The Morgan fingerprint density at radius 2 is 1.90 bits per heavy atom. The number of amides is 1. The summed E-state index contributed by atoms with van der Waals surface area (Å²) in [4.78, 5) is 11.8. The van der Waals surface area contributed by atoms with Crippen molar-refractivity contribution in [2.75, 3.05) is 26.8 Å². The van der Waals surface area contributed by atoms with Crippen LogP contribution in [0.4, 0.5) is 0 Å². The third-order valence-electron chi connectivity index (χ3n) is 4.88. The molecule has 2 N–H and O–H groups in total. The maximum Gasteiger partial charge on any atom is 0.234 e. The molecule has 0 aromatic carbocycles. The Hall–Kier alpha value is -0.610. The SMILES string of the molecule is CCC(C)(C)C1CCC(NC(=O)CNCCOC)CC1. The van der Waals surface area contributed by atoms with Crippen molar-refractivity contribution in [1.29, 1.82) is 0 Å². The van der Waals surface area contributed by atoms with E-state index < -0.39 is 0 Å². The highest BCUT2D eigenvalue weighted by Gasteiger charge is 2.32. The third kappa shape index (κ3) is 5.80. The van der Waals surface area contributed by atoms with Gasteiger partial charge in [0.05, 0.1) is 13.2 Å². The summed E-state index contributed by atoms with van der Waals surface area (Å²) in [7, 11) is 1.66. The predicted octanol–water partition coefficient (Wildman–Crippen LogP) is 2.33. The van der Waals surface area contributed by atoms with Crippen LogP contribution >= 0.6 is 0 Å². The number of carbonyl (C=O) groups is 1. The van der Waals surface area contributed by atoms with E-state index in [-0.39, 0.29) is 5.91 Å². The van der Waals surface area contributed by atoms with Crippen molar-refractivity contribution in [2.45, 2.75) is 58.9 Å². The van der Waals surface area contributed by atoms with E-state index in [0.29, 0.717) is 24.6 Å². The quantitative estimate of drug-likeness (QED) is 0.673. The van der Waals surface area contributed by atoms with Gasteiger partial charge in [0.15, 0.2) is 0 Å². The third-order valence-corrected chi connectivity index (χ3v) is 4.88. The summed E-state index contributed by atoms with van der Waals surface area (Å²) in [5.74, 6) is 0.916. The zero-order valence-electron chi connectivity index (χ0n) is 13.6. The van der Waals surface area contributed by atoms with Crippen molar-refractivity contribution in [2.24, 2.45) is 11.3 Å². The molecule has 118 valence electrons. The van der Waals surface area contributed by atoms with Crippen molar-refractivity contribution in [1.82, 2.24) is 10.6 Å². The van der Waals surface area contributed by atoms with Crippen LogP contribution in [0.1, 0.15) is 52.9 Å². The molecule has 20 heavy (non-hydrogen) atoms. The summed E-state index contributed by atoms with van der Waals surface area (Å²) in [6.45, 7) is 8.78. The smallest absolute Gasteiger partial charge is 0.234 e. The van der Waals surface area contributed by atoms with Crippen LogP contribution in [-0.4, -0.2) is 38.8 Å². The second kappa shape index (κ2) is 8.63. The first-order valence-electron chi connectivity index (χ1n) is 7.98. The first-order valence-corrected chi connectivity index (χ1v) is 7.98.